The van der Waals surface area contributed by atoms with E-state index >= 15 is 0 Å². The van der Waals surface area contributed by atoms with Gasteiger partial charge in [0.2, 0.25) is 5.79 Å². The minimum Gasteiger partial charge on any atom is -0.425 e. The normalized spacial score (nSPS) is 43.8. The van der Waals surface area contributed by atoms with Crippen molar-refractivity contribution in [2.75, 3.05) is 13.2 Å². The van der Waals surface area contributed by atoms with Crippen LogP contribution in [0.25, 0.3) is 0 Å². The second-order valence-electron chi connectivity index (χ2n) is 6.33. The van der Waals surface area contributed by atoms with E-state index in [0.717, 1.165) is 25.7 Å². The van der Waals surface area contributed by atoms with Crippen LogP contribution in [0.15, 0.2) is 12.7 Å². The van der Waals surface area contributed by atoms with E-state index in [4.69, 9.17) is 18.9 Å². The monoisotopic (exact) mass is 296 g/mol. The number of carbonyl (C=O) groups excluding carboxylic acids is 1. The quantitative estimate of drug-likeness (QED) is 0.579. The molecule has 0 N–H and O–H groups in total. The lowest BCUT2D eigenvalue weighted by molar-refractivity contribution is -0.455. The topological polar surface area (TPSA) is 54.0 Å². The molecule has 0 bridgehead atoms. The molecule has 3 fully saturated rings. The first-order chi connectivity index (χ1) is 10.1. The van der Waals surface area contributed by atoms with E-state index in [1.165, 1.54) is 0 Å². The SMILES string of the molecule is C=CC[C@]1(C)O[C@]2(CCCCO2)[C@@]2(CCCCO2)OC1=O. The van der Waals surface area contributed by atoms with Crippen LogP contribution < -0.4 is 0 Å². The van der Waals surface area contributed by atoms with Crippen molar-refractivity contribution in [3.05, 3.63) is 12.7 Å². The molecule has 5 heteroatoms. The Balaban J connectivity index is 1.96. The zero-order valence-electron chi connectivity index (χ0n) is 12.7. The summed E-state index contributed by atoms with van der Waals surface area (Å²) in [4.78, 5) is 12.5. The molecule has 21 heavy (non-hydrogen) atoms. The molecule has 118 valence electrons. The van der Waals surface area contributed by atoms with Crippen molar-refractivity contribution in [3.63, 3.8) is 0 Å². The molecular weight excluding hydrogens is 272 g/mol. The van der Waals surface area contributed by atoms with Crippen molar-refractivity contribution in [3.8, 4) is 0 Å². The Bertz CT molecular complexity index is 420. The van der Waals surface area contributed by atoms with Gasteiger partial charge in [0.25, 0.3) is 5.79 Å². The fourth-order valence-corrected chi connectivity index (χ4v) is 3.52. The molecule has 3 saturated heterocycles. The van der Waals surface area contributed by atoms with Gasteiger partial charge >= 0.3 is 5.97 Å². The summed E-state index contributed by atoms with van der Waals surface area (Å²) in [5.41, 5.74) is -1.05. The molecule has 0 unspecified atom stereocenters. The molecule has 3 rings (SSSR count). The van der Waals surface area contributed by atoms with Crippen LogP contribution in [0.2, 0.25) is 0 Å². The van der Waals surface area contributed by atoms with Crippen LogP contribution in [0.1, 0.15) is 51.9 Å². The van der Waals surface area contributed by atoms with Gasteiger partial charge in [0.15, 0.2) is 5.60 Å². The van der Waals surface area contributed by atoms with E-state index in [2.05, 4.69) is 6.58 Å². The molecule has 3 atom stereocenters. The minimum atomic E-state index is -1.08. The predicted octanol–water partition coefficient (Wildman–Crippen LogP) is 2.69. The highest BCUT2D eigenvalue weighted by atomic mass is 16.8. The second-order valence-corrected chi connectivity index (χ2v) is 6.33. The average Bonchev–Trinajstić information content (AvgIpc) is 2.48. The molecule has 0 aliphatic carbocycles. The van der Waals surface area contributed by atoms with Crippen LogP contribution in [-0.2, 0) is 23.7 Å². The molecular formula is C16H24O5. The smallest absolute Gasteiger partial charge is 0.341 e. The van der Waals surface area contributed by atoms with Crippen molar-refractivity contribution in [2.45, 2.75) is 69.0 Å². The van der Waals surface area contributed by atoms with E-state index in [1.54, 1.807) is 13.0 Å². The summed E-state index contributed by atoms with van der Waals surface area (Å²) in [5, 5.41) is 0. The van der Waals surface area contributed by atoms with E-state index < -0.39 is 17.2 Å². The lowest BCUT2D eigenvalue weighted by atomic mass is 9.87. The van der Waals surface area contributed by atoms with Gasteiger partial charge < -0.3 is 18.9 Å². The molecule has 0 radical (unpaired) electrons. The maximum Gasteiger partial charge on any atom is 0.341 e. The maximum absolute atomic E-state index is 12.5. The number of esters is 1. The number of ether oxygens (including phenoxy) is 4. The zero-order chi connectivity index (χ0) is 15.0. The van der Waals surface area contributed by atoms with Crippen molar-refractivity contribution in [2.24, 2.45) is 0 Å². The third-order valence-electron chi connectivity index (χ3n) is 4.66. The Kier molecular flexibility index (Phi) is 3.84. The van der Waals surface area contributed by atoms with E-state index in [1.807, 2.05) is 0 Å². The van der Waals surface area contributed by atoms with Crippen molar-refractivity contribution >= 4 is 5.97 Å². The first kappa shape index (κ1) is 15.0. The standard InChI is InChI=1S/C16H24O5/c1-3-8-14(2)13(17)20-15(9-4-6-11-18-15)16(21-14)10-5-7-12-19-16/h3H,1,4-12H2,2H3/t14-,15+,16+/m0/s1. The summed E-state index contributed by atoms with van der Waals surface area (Å²) in [6, 6.07) is 0. The summed E-state index contributed by atoms with van der Waals surface area (Å²) in [5.74, 6) is -2.44. The largest absolute Gasteiger partial charge is 0.425 e. The number of hydrogen-bond acceptors (Lipinski definition) is 5. The number of fused-ring (bicyclic) bond motifs is 1. The molecule has 0 aromatic rings. The van der Waals surface area contributed by atoms with Gasteiger partial charge in [-0.05, 0) is 32.6 Å². The molecule has 0 aromatic carbocycles. The molecule has 0 aromatic heterocycles. The first-order valence-corrected chi connectivity index (χ1v) is 7.88. The van der Waals surface area contributed by atoms with Crippen molar-refractivity contribution in [1.29, 1.82) is 0 Å². The maximum atomic E-state index is 12.5. The summed E-state index contributed by atoms with van der Waals surface area (Å²) >= 11 is 0. The third-order valence-corrected chi connectivity index (χ3v) is 4.66. The highest BCUT2D eigenvalue weighted by Gasteiger charge is 2.67. The molecule has 0 saturated carbocycles. The van der Waals surface area contributed by atoms with Gasteiger partial charge in [-0.1, -0.05) is 6.08 Å². The van der Waals surface area contributed by atoms with Crippen LogP contribution in [-0.4, -0.2) is 36.4 Å². The van der Waals surface area contributed by atoms with Crippen molar-refractivity contribution < 1.29 is 23.7 Å². The Labute approximate surface area is 125 Å². The lowest BCUT2D eigenvalue weighted by Gasteiger charge is -2.57. The molecule has 3 aliphatic heterocycles. The first-order valence-electron chi connectivity index (χ1n) is 7.88. The Morgan fingerprint density at radius 2 is 1.71 bits per heavy atom. The van der Waals surface area contributed by atoms with Crippen molar-refractivity contribution in [1.82, 2.24) is 0 Å². The number of rotatable bonds is 2. The van der Waals surface area contributed by atoms with Gasteiger partial charge in [-0.2, -0.15) is 0 Å². The minimum absolute atomic E-state index is 0.385. The fraction of sp³-hybridized carbons (Fsp3) is 0.812. The van der Waals surface area contributed by atoms with Gasteiger partial charge in [0.1, 0.15) is 0 Å². The summed E-state index contributed by atoms with van der Waals surface area (Å²) in [7, 11) is 0. The average molecular weight is 296 g/mol. The molecule has 5 nitrogen and oxygen atoms in total. The van der Waals surface area contributed by atoms with Crippen LogP contribution >= 0.6 is 0 Å². The number of hydrogen-bond donors (Lipinski definition) is 0. The van der Waals surface area contributed by atoms with Gasteiger partial charge in [-0.25, -0.2) is 4.79 Å². The van der Waals surface area contributed by atoms with Gasteiger partial charge in [0.05, 0.1) is 13.2 Å². The number of carbonyl (C=O) groups is 1. The molecule has 3 heterocycles. The fourth-order valence-electron chi connectivity index (χ4n) is 3.52. The Hall–Kier alpha value is -0.910. The Morgan fingerprint density at radius 1 is 1.10 bits per heavy atom. The van der Waals surface area contributed by atoms with Gasteiger partial charge in [-0.15, -0.1) is 6.58 Å². The highest BCUT2D eigenvalue weighted by Crippen LogP contribution is 2.50. The lowest BCUT2D eigenvalue weighted by Crippen LogP contribution is -2.71. The molecule has 0 amide bonds. The third kappa shape index (κ3) is 2.31. The summed E-state index contributed by atoms with van der Waals surface area (Å²) in [6.07, 6.45) is 7.28. The summed E-state index contributed by atoms with van der Waals surface area (Å²) in [6.45, 7) is 6.63. The van der Waals surface area contributed by atoms with Gasteiger partial charge in [0, 0.05) is 19.3 Å². The van der Waals surface area contributed by atoms with E-state index in [-0.39, 0.29) is 5.97 Å². The van der Waals surface area contributed by atoms with E-state index in [0.29, 0.717) is 32.5 Å². The highest BCUT2D eigenvalue weighted by molar-refractivity contribution is 5.80. The predicted molar refractivity (Wildman–Crippen MR) is 75.5 cm³/mol. The zero-order valence-corrected chi connectivity index (χ0v) is 12.7. The van der Waals surface area contributed by atoms with Crippen LogP contribution in [0.4, 0.5) is 0 Å². The van der Waals surface area contributed by atoms with Crippen LogP contribution in [0, 0.1) is 0 Å². The van der Waals surface area contributed by atoms with Crippen LogP contribution in [0.3, 0.4) is 0 Å². The second kappa shape index (κ2) is 5.38. The summed E-state index contributed by atoms with van der Waals surface area (Å²) < 4.78 is 24.0. The van der Waals surface area contributed by atoms with Gasteiger partial charge in [-0.3, -0.25) is 0 Å². The molecule has 3 aliphatic rings. The molecule has 2 spiro atoms. The van der Waals surface area contributed by atoms with Crippen LogP contribution in [0.5, 0.6) is 0 Å². The van der Waals surface area contributed by atoms with E-state index in [9.17, 15) is 4.79 Å². The Morgan fingerprint density at radius 3 is 2.24 bits per heavy atom.